The Balaban J connectivity index is 2.78. The van der Waals surface area contributed by atoms with E-state index in [4.69, 9.17) is 5.11 Å². The number of piperazine rings is 1. The summed E-state index contributed by atoms with van der Waals surface area (Å²) in [5, 5.41) is 14.1. The van der Waals surface area contributed by atoms with Crippen molar-refractivity contribution in [1.29, 1.82) is 0 Å². The quantitative estimate of drug-likeness (QED) is 0.552. The predicted molar refractivity (Wildman–Crippen MR) is 59.3 cm³/mol. The van der Waals surface area contributed by atoms with E-state index >= 15 is 0 Å². The van der Waals surface area contributed by atoms with Crippen molar-refractivity contribution in [3.8, 4) is 0 Å². The van der Waals surface area contributed by atoms with Crippen LogP contribution in [0.4, 0.5) is 0 Å². The van der Waals surface area contributed by atoms with E-state index < -0.39 is 18.1 Å². The van der Waals surface area contributed by atoms with Crippen LogP contribution in [-0.4, -0.2) is 59.5 Å². The number of rotatable bonds is 4. The van der Waals surface area contributed by atoms with Gasteiger partial charge in [-0.3, -0.25) is 19.3 Å². The highest BCUT2D eigenvalue weighted by Crippen LogP contribution is 2.09. The minimum atomic E-state index is -1.04. The summed E-state index contributed by atoms with van der Waals surface area (Å²) in [4.78, 5) is 35.3. The van der Waals surface area contributed by atoms with Crippen LogP contribution in [0.25, 0.3) is 0 Å². The van der Waals surface area contributed by atoms with Gasteiger partial charge in [-0.1, -0.05) is 0 Å². The monoisotopic (exact) mass is 243 g/mol. The Labute approximate surface area is 99.2 Å². The van der Waals surface area contributed by atoms with Crippen LogP contribution in [-0.2, 0) is 14.4 Å². The van der Waals surface area contributed by atoms with Gasteiger partial charge in [0.2, 0.25) is 11.8 Å². The molecule has 0 saturated carbocycles. The summed E-state index contributed by atoms with van der Waals surface area (Å²) in [5.74, 6) is -1.58. The van der Waals surface area contributed by atoms with E-state index in [1.807, 2.05) is 0 Å². The van der Waals surface area contributed by atoms with Crippen molar-refractivity contribution in [3.63, 3.8) is 0 Å². The normalized spacial score (nSPS) is 22.7. The van der Waals surface area contributed by atoms with Gasteiger partial charge in [-0.2, -0.15) is 0 Å². The fraction of sp³-hybridized carbons (Fsp3) is 0.700. The van der Waals surface area contributed by atoms with Gasteiger partial charge in [0.15, 0.2) is 0 Å². The first kappa shape index (κ1) is 13.4. The highest BCUT2D eigenvalue weighted by Gasteiger charge is 2.37. The highest BCUT2D eigenvalue weighted by molar-refractivity contribution is 5.87. The van der Waals surface area contributed by atoms with Gasteiger partial charge in [-0.15, -0.1) is 0 Å². The van der Waals surface area contributed by atoms with Crippen LogP contribution in [0.2, 0.25) is 0 Å². The Morgan fingerprint density at radius 2 is 2.29 bits per heavy atom. The zero-order valence-corrected chi connectivity index (χ0v) is 9.90. The number of aliphatic carboxylic acids is 1. The average Bonchev–Trinajstić information content (AvgIpc) is 2.27. The molecule has 0 bridgehead atoms. The molecule has 1 heterocycles. The van der Waals surface area contributed by atoms with Crippen LogP contribution >= 0.6 is 0 Å². The van der Waals surface area contributed by atoms with Crippen molar-refractivity contribution >= 4 is 17.8 Å². The van der Waals surface area contributed by atoms with Crippen LogP contribution in [0.1, 0.15) is 13.8 Å². The lowest BCUT2D eigenvalue weighted by molar-refractivity contribution is -0.148. The summed E-state index contributed by atoms with van der Waals surface area (Å²) < 4.78 is 0. The fourth-order valence-electron chi connectivity index (χ4n) is 1.77. The third-order valence-corrected chi connectivity index (χ3v) is 2.73. The van der Waals surface area contributed by atoms with E-state index in [1.165, 1.54) is 4.90 Å². The van der Waals surface area contributed by atoms with Gasteiger partial charge >= 0.3 is 5.97 Å². The summed E-state index contributed by atoms with van der Waals surface area (Å²) in [6, 6.07) is -1.49. The van der Waals surface area contributed by atoms with Crippen molar-refractivity contribution < 1.29 is 19.5 Å². The number of likely N-dealkylation sites (N-methyl/N-ethyl adjacent to an activating group) is 1. The second kappa shape index (κ2) is 5.62. The lowest BCUT2D eigenvalue weighted by Gasteiger charge is -2.36. The van der Waals surface area contributed by atoms with E-state index in [1.54, 1.807) is 13.8 Å². The second-order valence-electron chi connectivity index (χ2n) is 3.90. The Morgan fingerprint density at radius 1 is 1.65 bits per heavy atom. The molecule has 1 rings (SSSR count). The zero-order valence-electron chi connectivity index (χ0n) is 9.90. The van der Waals surface area contributed by atoms with Crippen LogP contribution in [0.3, 0.4) is 0 Å². The fourth-order valence-corrected chi connectivity index (χ4v) is 1.77. The molecule has 1 saturated heterocycles. The molecular formula is C10H17N3O4. The number of carboxylic acid groups (broad SMARTS) is 1. The average molecular weight is 243 g/mol. The van der Waals surface area contributed by atoms with Crippen molar-refractivity contribution in [2.45, 2.75) is 25.9 Å². The summed E-state index contributed by atoms with van der Waals surface area (Å²) in [6.07, 6.45) is 0. The van der Waals surface area contributed by atoms with E-state index in [9.17, 15) is 14.4 Å². The topological polar surface area (TPSA) is 98.7 Å². The molecule has 2 unspecified atom stereocenters. The van der Waals surface area contributed by atoms with Crippen molar-refractivity contribution in [2.75, 3.05) is 19.6 Å². The van der Waals surface area contributed by atoms with Crippen LogP contribution in [0, 0.1) is 0 Å². The number of hydrogen-bond donors (Lipinski definition) is 3. The molecule has 0 aromatic carbocycles. The third-order valence-electron chi connectivity index (χ3n) is 2.73. The molecule has 0 aliphatic carbocycles. The Bertz CT molecular complexity index is 332. The molecular weight excluding hydrogens is 226 g/mol. The number of carboxylic acids is 1. The molecule has 0 aromatic rings. The van der Waals surface area contributed by atoms with Gasteiger partial charge in [-0.25, -0.2) is 0 Å². The van der Waals surface area contributed by atoms with E-state index in [2.05, 4.69) is 10.6 Å². The Morgan fingerprint density at radius 3 is 2.82 bits per heavy atom. The molecule has 2 atom stereocenters. The molecule has 96 valence electrons. The maximum absolute atomic E-state index is 11.6. The number of carbonyl (C=O) groups excluding carboxylic acids is 2. The van der Waals surface area contributed by atoms with Gasteiger partial charge in [-0.05, 0) is 13.8 Å². The Kier molecular flexibility index (Phi) is 4.45. The van der Waals surface area contributed by atoms with Crippen molar-refractivity contribution in [3.05, 3.63) is 0 Å². The largest absolute Gasteiger partial charge is 0.480 e. The molecule has 2 amide bonds. The predicted octanol–water partition coefficient (Wildman–Crippen LogP) is -1.60. The number of nitrogens with one attached hydrogen (secondary N) is 2. The minimum Gasteiger partial charge on any atom is -0.480 e. The van der Waals surface area contributed by atoms with E-state index in [-0.39, 0.29) is 24.9 Å². The summed E-state index contributed by atoms with van der Waals surface area (Å²) >= 11 is 0. The molecule has 3 N–H and O–H groups in total. The van der Waals surface area contributed by atoms with Crippen LogP contribution < -0.4 is 10.6 Å². The minimum absolute atomic E-state index is 0.0257. The third kappa shape index (κ3) is 3.16. The summed E-state index contributed by atoms with van der Waals surface area (Å²) in [7, 11) is 0. The van der Waals surface area contributed by atoms with Gasteiger partial charge in [0, 0.05) is 13.1 Å². The van der Waals surface area contributed by atoms with Gasteiger partial charge in [0.1, 0.15) is 6.04 Å². The zero-order chi connectivity index (χ0) is 13.0. The molecule has 1 aliphatic heterocycles. The molecule has 0 aromatic heterocycles. The first-order valence-electron chi connectivity index (χ1n) is 5.50. The van der Waals surface area contributed by atoms with E-state index in [0.29, 0.717) is 6.54 Å². The molecule has 7 heteroatoms. The van der Waals surface area contributed by atoms with Gasteiger partial charge < -0.3 is 15.7 Å². The van der Waals surface area contributed by atoms with E-state index in [0.717, 1.165) is 0 Å². The van der Waals surface area contributed by atoms with Gasteiger partial charge in [0.05, 0.1) is 12.6 Å². The maximum atomic E-state index is 11.6. The highest BCUT2D eigenvalue weighted by atomic mass is 16.4. The van der Waals surface area contributed by atoms with Crippen LogP contribution in [0.15, 0.2) is 0 Å². The molecule has 1 fully saturated rings. The van der Waals surface area contributed by atoms with Crippen molar-refractivity contribution in [2.24, 2.45) is 0 Å². The second-order valence-corrected chi connectivity index (χ2v) is 3.90. The molecule has 17 heavy (non-hydrogen) atoms. The lowest BCUT2D eigenvalue weighted by atomic mass is 10.1. The number of amides is 2. The van der Waals surface area contributed by atoms with Crippen LogP contribution in [0.5, 0.6) is 0 Å². The summed E-state index contributed by atoms with van der Waals surface area (Å²) in [6.45, 7) is 3.80. The molecule has 1 aliphatic rings. The first-order valence-corrected chi connectivity index (χ1v) is 5.50. The summed E-state index contributed by atoms with van der Waals surface area (Å²) in [5.41, 5.74) is 0. The first-order chi connectivity index (χ1) is 7.97. The van der Waals surface area contributed by atoms with Crippen molar-refractivity contribution in [1.82, 2.24) is 15.5 Å². The number of carbonyl (C=O) groups is 3. The Hall–Kier alpha value is -1.63. The molecule has 0 spiro atoms. The SMILES string of the molecule is CCNC(=O)C(C)N1CC(=O)NCC1C(=O)O. The smallest absolute Gasteiger partial charge is 0.322 e. The maximum Gasteiger partial charge on any atom is 0.322 e. The molecule has 7 nitrogen and oxygen atoms in total. The molecule has 0 radical (unpaired) electrons. The lowest BCUT2D eigenvalue weighted by Crippen LogP contribution is -2.62. The number of hydrogen-bond acceptors (Lipinski definition) is 4. The number of nitrogens with zero attached hydrogens (tertiary/aromatic N) is 1. The standard InChI is InChI=1S/C10H17N3O4/c1-3-11-9(15)6(2)13-5-8(14)12-4-7(13)10(16)17/h6-7H,3-5H2,1-2H3,(H,11,15)(H,12,14)(H,16,17). The van der Waals surface area contributed by atoms with Gasteiger partial charge in [0.25, 0.3) is 0 Å².